The lowest BCUT2D eigenvalue weighted by Crippen LogP contribution is -2.39. The van der Waals surface area contributed by atoms with Gasteiger partial charge in [-0.25, -0.2) is 23.4 Å². The first-order valence-corrected chi connectivity index (χ1v) is 13.0. The van der Waals surface area contributed by atoms with Gasteiger partial charge in [0.15, 0.2) is 21.6 Å². The zero-order chi connectivity index (χ0) is 24.9. The Balaban J connectivity index is 1.21. The Hall–Kier alpha value is -3.03. The minimum absolute atomic E-state index is 0.148. The number of imidazole rings is 1. The maximum absolute atomic E-state index is 13.5. The van der Waals surface area contributed by atoms with E-state index in [1.54, 1.807) is 26.4 Å². The number of rotatable bonds is 7. The number of furan rings is 1. The summed E-state index contributed by atoms with van der Waals surface area (Å²) in [5, 5.41) is 4.19. The van der Waals surface area contributed by atoms with Crippen LogP contribution in [0.5, 0.6) is 11.5 Å². The number of piperidine rings is 1. The van der Waals surface area contributed by atoms with Gasteiger partial charge in [-0.1, -0.05) is 0 Å². The Morgan fingerprint density at radius 2 is 2.03 bits per heavy atom. The molecule has 2 aliphatic rings. The number of hydrogen-bond acceptors (Lipinski definition) is 10. The van der Waals surface area contributed by atoms with Crippen LogP contribution >= 0.6 is 23.1 Å². The molecule has 1 aromatic carbocycles. The molecule has 1 atom stereocenters. The average molecular weight is 536 g/mol. The van der Waals surface area contributed by atoms with Gasteiger partial charge in [0.05, 0.1) is 24.4 Å². The Labute approximate surface area is 213 Å². The molecule has 1 unspecified atom stereocenters. The van der Waals surface area contributed by atoms with E-state index in [0.29, 0.717) is 41.6 Å². The number of thiazole rings is 1. The molecule has 0 saturated carbocycles. The average Bonchev–Trinajstić information content (AvgIpc) is 3.64. The second kappa shape index (κ2) is 9.12. The van der Waals surface area contributed by atoms with Crippen molar-refractivity contribution in [3.05, 3.63) is 35.5 Å². The number of methoxy groups -OCH3 is 2. The number of aromatic nitrogens is 3. The van der Waals surface area contributed by atoms with Crippen LogP contribution in [0.4, 0.5) is 13.9 Å². The lowest BCUT2D eigenvalue weighted by atomic mass is 10.1. The molecule has 1 saturated heterocycles. The molecule has 0 spiro atoms. The van der Waals surface area contributed by atoms with Crippen LogP contribution in [0.3, 0.4) is 0 Å². The molecule has 190 valence electrons. The molecule has 3 aromatic heterocycles. The summed E-state index contributed by atoms with van der Waals surface area (Å²) < 4.78 is 51.7. The van der Waals surface area contributed by atoms with Crippen molar-refractivity contribution < 1.29 is 27.4 Å². The molecule has 0 bridgehead atoms. The minimum atomic E-state index is -2.58. The predicted molar refractivity (Wildman–Crippen MR) is 133 cm³/mol. The zero-order valence-electron chi connectivity index (χ0n) is 19.5. The molecule has 1 fully saturated rings. The van der Waals surface area contributed by atoms with Crippen molar-refractivity contribution >= 4 is 39.2 Å². The maximum atomic E-state index is 13.5. The van der Waals surface area contributed by atoms with Crippen molar-refractivity contribution in [1.29, 1.82) is 0 Å². The van der Waals surface area contributed by atoms with E-state index in [0.717, 1.165) is 21.4 Å². The molecule has 1 N–H and O–H groups in total. The summed E-state index contributed by atoms with van der Waals surface area (Å²) in [6, 6.07) is 5.49. The van der Waals surface area contributed by atoms with Crippen molar-refractivity contribution in [2.24, 2.45) is 0 Å². The summed E-state index contributed by atoms with van der Waals surface area (Å²) in [6.07, 6.45) is 1.55. The van der Waals surface area contributed by atoms with E-state index in [1.165, 1.54) is 23.1 Å². The van der Waals surface area contributed by atoms with E-state index in [1.807, 2.05) is 27.2 Å². The number of nitrogens with one attached hydrogen (secondary N) is 1. The predicted octanol–water partition coefficient (Wildman–Crippen LogP) is 5.16. The fourth-order valence-electron chi connectivity index (χ4n) is 4.12. The molecule has 0 aliphatic carbocycles. The SMILES string of the molecule is COc1cc(OCc2csc(N3CCC(F)(F)CC3)n2)c2cc(-c3cn4c(n3)SC(OC)N4)oc2c1. The van der Waals surface area contributed by atoms with Gasteiger partial charge in [0.2, 0.25) is 0 Å². The Kier molecular flexibility index (Phi) is 5.92. The van der Waals surface area contributed by atoms with Gasteiger partial charge in [-0.2, -0.15) is 0 Å². The number of anilines is 1. The van der Waals surface area contributed by atoms with Gasteiger partial charge in [0, 0.05) is 50.6 Å². The van der Waals surface area contributed by atoms with Crippen LogP contribution in [0.1, 0.15) is 18.5 Å². The van der Waals surface area contributed by atoms with Crippen LogP contribution in [0.2, 0.25) is 0 Å². The third kappa shape index (κ3) is 4.46. The van der Waals surface area contributed by atoms with E-state index in [-0.39, 0.29) is 25.0 Å². The first-order valence-electron chi connectivity index (χ1n) is 11.3. The highest BCUT2D eigenvalue weighted by Gasteiger charge is 2.34. The second-order valence-electron chi connectivity index (χ2n) is 8.49. The molecule has 13 heteroatoms. The Bertz CT molecular complexity index is 1370. The molecule has 4 aromatic rings. The van der Waals surface area contributed by atoms with Gasteiger partial charge in [-0.05, 0) is 17.8 Å². The summed E-state index contributed by atoms with van der Waals surface area (Å²) in [5.74, 6) is -0.803. The summed E-state index contributed by atoms with van der Waals surface area (Å²) in [4.78, 5) is 11.1. The topological polar surface area (TPSA) is 86.8 Å². The summed E-state index contributed by atoms with van der Waals surface area (Å²) in [7, 11) is 3.21. The Morgan fingerprint density at radius 1 is 1.19 bits per heavy atom. The second-order valence-corrected chi connectivity index (χ2v) is 10.4. The number of fused-ring (bicyclic) bond motifs is 2. The Morgan fingerprint density at radius 3 is 2.78 bits per heavy atom. The fourth-order valence-corrected chi connectivity index (χ4v) is 5.81. The molecule has 6 rings (SSSR count). The summed E-state index contributed by atoms with van der Waals surface area (Å²) in [5.41, 5.74) is 5.01. The largest absolute Gasteiger partial charge is 0.496 e. The number of thioether (sulfide) groups is 1. The fraction of sp³-hybridized carbons (Fsp3) is 0.391. The molecule has 2 aliphatic heterocycles. The molecular weight excluding hydrogens is 512 g/mol. The monoisotopic (exact) mass is 535 g/mol. The number of benzene rings is 1. The maximum Gasteiger partial charge on any atom is 0.251 e. The normalized spacial score (nSPS) is 18.9. The zero-order valence-corrected chi connectivity index (χ0v) is 21.1. The molecule has 36 heavy (non-hydrogen) atoms. The number of nitrogens with zero attached hydrogens (tertiary/aromatic N) is 4. The van der Waals surface area contributed by atoms with Gasteiger partial charge >= 0.3 is 0 Å². The highest BCUT2D eigenvalue weighted by molar-refractivity contribution is 7.99. The lowest BCUT2D eigenvalue weighted by molar-refractivity contribution is -0.0220. The highest BCUT2D eigenvalue weighted by atomic mass is 32.2. The van der Waals surface area contributed by atoms with Gasteiger partial charge in [-0.3, -0.25) is 5.43 Å². The van der Waals surface area contributed by atoms with E-state index in [2.05, 4.69) is 15.4 Å². The van der Waals surface area contributed by atoms with Crippen molar-refractivity contribution in [2.75, 3.05) is 37.6 Å². The van der Waals surface area contributed by atoms with E-state index >= 15 is 0 Å². The van der Waals surface area contributed by atoms with Gasteiger partial charge in [0.1, 0.15) is 29.4 Å². The summed E-state index contributed by atoms with van der Waals surface area (Å²) >= 11 is 2.91. The van der Waals surface area contributed by atoms with Crippen molar-refractivity contribution in [2.45, 2.75) is 36.1 Å². The number of halogens is 2. The molecule has 5 heterocycles. The number of hydrogen-bond donors (Lipinski definition) is 1. The lowest BCUT2D eigenvalue weighted by Gasteiger charge is -2.31. The van der Waals surface area contributed by atoms with Crippen LogP contribution in [0.15, 0.2) is 39.3 Å². The highest BCUT2D eigenvalue weighted by Crippen LogP contribution is 2.39. The third-order valence-electron chi connectivity index (χ3n) is 6.09. The molecular formula is C23H23F2N5O4S2. The minimum Gasteiger partial charge on any atom is -0.496 e. The van der Waals surface area contributed by atoms with E-state index in [4.69, 9.17) is 18.6 Å². The van der Waals surface area contributed by atoms with Gasteiger partial charge in [0.25, 0.3) is 5.92 Å². The standard InChI is InChI=1S/C23H23F2N5O4S2/c1-31-14-7-17(33-11-13-12-35-20(26-13)29-5-3-23(24,25)4-6-29)15-9-19(34-18(15)8-14)16-10-30-21(27-16)36-22(28-30)32-2/h7-10,12,22,28H,3-6,11H2,1-2H3. The first kappa shape index (κ1) is 23.4. The summed E-state index contributed by atoms with van der Waals surface area (Å²) in [6.45, 7) is 0.820. The molecule has 0 amide bonds. The molecule has 9 nitrogen and oxygen atoms in total. The van der Waals surface area contributed by atoms with Crippen molar-refractivity contribution in [3.8, 4) is 23.0 Å². The van der Waals surface area contributed by atoms with E-state index in [9.17, 15) is 8.78 Å². The number of ether oxygens (including phenoxy) is 3. The van der Waals surface area contributed by atoms with Crippen molar-refractivity contribution in [3.63, 3.8) is 0 Å². The van der Waals surface area contributed by atoms with E-state index < -0.39 is 5.92 Å². The number of alkyl halides is 2. The first-order chi connectivity index (χ1) is 17.4. The van der Waals surface area contributed by atoms with Crippen LogP contribution in [0.25, 0.3) is 22.4 Å². The third-order valence-corrected chi connectivity index (χ3v) is 8.05. The van der Waals surface area contributed by atoms with Gasteiger partial charge < -0.3 is 23.5 Å². The van der Waals surface area contributed by atoms with Gasteiger partial charge in [-0.15, -0.1) is 11.3 Å². The van der Waals surface area contributed by atoms with Crippen LogP contribution in [-0.2, 0) is 11.3 Å². The smallest absolute Gasteiger partial charge is 0.251 e. The van der Waals surface area contributed by atoms with Crippen LogP contribution < -0.4 is 19.8 Å². The van der Waals surface area contributed by atoms with Crippen LogP contribution in [0, 0.1) is 0 Å². The molecule has 0 radical (unpaired) electrons. The van der Waals surface area contributed by atoms with Crippen LogP contribution in [-0.4, -0.2) is 53.4 Å². The quantitative estimate of drug-likeness (QED) is 0.345. The van der Waals surface area contributed by atoms with Crippen molar-refractivity contribution in [1.82, 2.24) is 14.6 Å².